The first kappa shape index (κ1) is 12.4. The molecule has 0 unspecified atom stereocenters. The maximum Gasteiger partial charge on any atom is 0.372 e. The Morgan fingerprint density at radius 3 is 3.00 bits per heavy atom. The lowest BCUT2D eigenvalue weighted by Crippen LogP contribution is -2.21. The van der Waals surface area contributed by atoms with Crippen LogP contribution in [0.2, 0.25) is 0 Å². The summed E-state index contributed by atoms with van der Waals surface area (Å²) in [5.74, 6) is 0.0928. The number of anilines is 1. The highest BCUT2D eigenvalue weighted by Crippen LogP contribution is 2.29. The number of sulfone groups is 1. The second kappa shape index (κ2) is 4.17. The molecule has 0 spiro atoms. The molecule has 0 amide bonds. The predicted molar refractivity (Wildman–Crippen MR) is 70.4 cm³/mol. The highest BCUT2D eigenvalue weighted by Gasteiger charge is 2.31. The average molecular weight is 302 g/mol. The van der Waals surface area contributed by atoms with Gasteiger partial charge in [0.1, 0.15) is 6.20 Å². The van der Waals surface area contributed by atoms with Gasteiger partial charge in [0.25, 0.3) is 4.96 Å². The molecule has 102 valence electrons. The lowest BCUT2D eigenvalue weighted by atomic mass is 10.3. The van der Waals surface area contributed by atoms with Crippen LogP contribution in [0.3, 0.4) is 0 Å². The van der Waals surface area contributed by atoms with Crippen LogP contribution in [0.5, 0.6) is 0 Å². The third-order valence-corrected chi connectivity index (χ3v) is 5.51. The van der Waals surface area contributed by atoms with Crippen molar-refractivity contribution in [1.29, 1.82) is 0 Å². The van der Waals surface area contributed by atoms with Gasteiger partial charge in [0.15, 0.2) is 9.84 Å². The maximum atomic E-state index is 11.4. The smallest absolute Gasteiger partial charge is 0.359 e. The second-order valence-corrected chi connectivity index (χ2v) is 7.44. The quantitative estimate of drug-likeness (QED) is 0.667. The van der Waals surface area contributed by atoms with E-state index >= 15 is 0 Å². The largest absolute Gasteiger partial charge is 0.372 e. The fraction of sp³-hybridized carbons (Fsp3) is 0.444. The molecule has 1 atom stereocenters. The number of fused-ring (bicyclic) bond motifs is 1. The highest BCUT2D eigenvalue weighted by molar-refractivity contribution is 7.91. The molecule has 1 aliphatic rings. The van der Waals surface area contributed by atoms with Gasteiger partial charge in [-0.05, 0) is 11.3 Å². The second-order valence-electron chi connectivity index (χ2n) is 4.34. The molecule has 0 aromatic carbocycles. The molecular formula is C9H10N4O4S2. The summed E-state index contributed by atoms with van der Waals surface area (Å²) < 4.78 is 24.1. The van der Waals surface area contributed by atoms with Crippen LogP contribution in [0, 0.1) is 10.1 Å². The van der Waals surface area contributed by atoms with Gasteiger partial charge in [0.05, 0.1) is 11.5 Å². The van der Waals surface area contributed by atoms with Gasteiger partial charge in [-0.2, -0.15) is 9.38 Å². The SMILES string of the molecule is O=[N+]([O-])c1c(N[C@@H]2CCS(=O)(=O)C2)nc2sccn12. The van der Waals surface area contributed by atoms with Crippen molar-refractivity contribution in [1.82, 2.24) is 9.38 Å². The molecule has 0 aliphatic carbocycles. The summed E-state index contributed by atoms with van der Waals surface area (Å²) in [6.07, 6.45) is 2.02. The van der Waals surface area contributed by atoms with Crippen LogP contribution in [0.1, 0.15) is 6.42 Å². The van der Waals surface area contributed by atoms with Gasteiger partial charge in [0.2, 0.25) is 5.82 Å². The molecule has 1 saturated heterocycles. The summed E-state index contributed by atoms with van der Waals surface area (Å²) in [6, 6.07) is -0.312. The normalized spacial score (nSPS) is 21.8. The third-order valence-electron chi connectivity index (χ3n) is 2.98. The number of hydrogen-bond acceptors (Lipinski definition) is 7. The van der Waals surface area contributed by atoms with Gasteiger partial charge in [0, 0.05) is 11.4 Å². The lowest BCUT2D eigenvalue weighted by molar-refractivity contribution is -0.389. The molecule has 1 fully saturated rings. The van der Waals surface area contributed by atoms with E-state index in [1.807, 2.05) is 0 Å². The van der Waals surface area contributed by atoms with Crippen LogP contribution < -0.4 is 5.32 Å². The fourth-order valence-corrected chi connectivity index (χ4v) is 4.53. The van der Waals surface area contributed by atoms with Gasteiger partial charge in [-0.3, -0.25) is 0 Å². The Balaban J connectivity index is 1.95. The molecule has 10 heteroatoms. The Morgan fingerprint density at radius 2 is 2.37 bits per heavy atom. The summed E-state index contributed by atoms with van der Waals surface area (Å²) in [7, 11) is -3.03. The summed E-state index contributed by atoms with van der Waals surface area (Å²) in [5, 5.41) is 15.7. The van der Waals surface area contributed by atoms with Gasteiger partial charge in [-0.1, -0.05) is 11.3 Å². The zero-order chi connectivity index (χ0) is 13.6. The van der Waals surface area contributed by atoms with E-state index in [9.17, 15) is 18.5 Å². The third kappa shape index (κ3) is 2.16. The van der Waals surface area contributed by atoms with Crippen LogP contribution in [0.25, 0.3) is 4.96 Å². The zero-order valence-electron chi connectivity index (χ0n) is 9.64. The number of thiazole rings is 1. The maximum absolute atomic E-state index is 11.4. The number of nitrogens with zero attached hydrogens (tertiary/aromatic N) is 3. The minimum absolute atomic E-state index is 0.00463. The molecule has 0 saturated carbocycles. The van der Waals surface area contributed by atoms with E-state index in [0.29, 0.717) is 11.4 Å². The molecular weight excluding hydrogens is 292 g/mol. The van der Waals surface area contributed by atoms with E-state index in [-0.39, 0.29) is 29.2 Å². The van der Waals surface area contributed by atoms with E-state index in [2.05, 4.69) is 10.3 Å². The average Bonchev–Trinajstić information content (AvgIpc) is 2.92. The molecule has 1 aliphatic heterocycles. The first-order chi connectivity index (χ1) is 8.96. The minimum Gasteiger partial charge on any atom is -0.359 e. The molecule has 8 nitrogen and oxygen atoms in total. The van der Waals surface area contributed by atoms with Crippen molar-refractivity contribution in [2.24, 2.45) is 0 Å². The van der Waals surface area contributed by atoms with E-state index in [4.69, 9.17) is 0 Å². The Kier molecular flexibility index (Phi) is 2.71. The molecule has 0 radical (unpaired) electrons. The number of aromatic nitrogens is 2. The van der Waals surface area contributed by atoms with Crippen molar-refractivity contribution >= 4 is 37.8 Å². The molecule has 1 N–H and O–H groups in total. The Bertz CT molecular complexity index is 747. The summed E-state index contributed by atoms with van der Waals surface area (Å²) in [4.78, 5) is 15.2. The molecule has 2 aromatic heterocycles. The van der Waals surface area contributed by atoms with E-state index in [0.717, 1.165) is 0 Å². The van der Waals surface area contributed by atoms with E-state index in [1.54, 1.807) is 11.6 Å². The van der Waals surface area contributed by atoms with Gasteiger partial charge < -0.3 is 15.4 Å². The van der Waals surface area contributed by atoms with Gasteiger partial charge >= 0.3 is 5.82 Å². The summed E-state index contributed by atoms with van der Waals surface area (Å²) in [5.41, 5.74) is 0. The van der Waals surface area contributed by atoms with Crippen molar-refractivity contribution < 1.29 is 13.3 Å². The Hall–Kier alpha value is -1.68. The Labute approximate surface area is 112 Å². The highest BCUT2D eigenvalue weighted by atomic mass is 32.2. The standard InChI is InChI=1S/C9H10N4O4S2/c14-13(15)8-7(11-9-12(8)2-3-18-9)10-6-1-4-19(16,17)5-6/h2-3,6,10H,1,4-5H2/t6-/m1/s1. The lowest BCUT2D eigenvalue weighted by Gasteiger charge is -2.08. The molecule has 19 heavy (non-hydrogen) atoms. The molecule has 3 rings (SSSR count). The minimum atomic E-state index is -3.03. The Morgan fingerprint density at radius 1 is 1.58 bits per heavy atom. The zero-order valence-corrected chi connectivity index (χ0v) is 11.3. The van der Waals surface area contributed by atoms with Crippen molar-refractivity contribution in [2.45, 2.75) is 12.5 Å². The summed E-state index contributed by atoms with van der Waals surface area (Å²) >= 11 is 1.29. The predicted octanol–water partition coefficient (Wildman–Crippen LogP) is 0.903. The van der Waals surface area contributed by atoms with Crippen LogP contribution in [0.15, 0.2) is 11.6 Å². The number of rotatable bonds is 3. The first-order valence-corrected chi connectivity index (χ1v) is 8.23. The fourth-order valence-electron chi connectivity index (χ4n) is 2.15. The number of nitro groups is 1. The van der Waals surface area contributed by atoms with Crippen LogP contribution in [-0.4, -0.2) is 40.3 Å². The van der Waals surface area contributed by atoms with Crippen LogP contribution in [-0.2, 0) is 9.84 Å². The van der Waals surface area contributed by atoms with E-state index in [1.165, 1.54) is 15.7 Å². The van der Waals surface area contributed by atoms with Crippen molar-refractivity contribution in [3.8, 4) is 0 Å². The number of hydrogen-bond donors (Lipinski definition) is 1. The van der Waals surface area contributed by atoms with Gasteiger partial charge in [-0.15, -0.1) is 0 Å². The molecule has 0 bridgehead atoms. The topological polar surface area (TPSA) is 107 Å². The van der Waals surface area contributed by atoms with Crippen molar-refractivity contribution in [3.63, 3.8) is 0 Å². The van der Waals surface area contributed by atoms with Crippen LogP contribution in [0.4, 0.5) is 11.6 Å². The van der Waals surface area contributed by atoms with Crippen LogP contribution >= 0.6 is 11.3 Å². The molecule has 2 aromatic rings. The van der Waals surface area contributed by atoms with E-state index < -0.39 is 14.8 Å². The van der Waals surface area contributed by atoms with Gasteiger partial charge in [-0.25, -0.2) is 8.42 Å². The van der Waals surface area contributed by atoms with Crippen molar-refractivity contribution in [3.05, 3.63) is 21.7 Å². The number of nitrogens with one attached hydrogen (secondary N) is 1. The first-order valence-electron chi connectivity index (χ1n) is 5.53. The van der Waals surface area contributed by atoms with Crippen molar-refractivity contribution in [2.75, 3.05) is 16.8 Å². The number of imidazole rings is 1. The monoisotopic (exact) mass is 302 g/mol. The molecule has 3 heterocycles. The summed E-state index contributed by atoms with van der Waals surface area (Å²) in [6.45, 7) is 0.